The van der Waals surface area contributed by atoms with Crippen molar-refractivity contribution in [2.75, 3.05) is 12.4 Å². The van der Waals surface area contributed by atoms with Crippen molar-refractivity contribution in [3.05, 3.63) is 12.2 Å². The predicted molar refractivity (Wildman–Crippen MR) is 103 cm³/mol. The molecule has 0 atom stereocenters. The summed E-state index contributed by atoms with van der Waals surface area (Å²) < 4.78 is 0. The molecule has 0 fully saturated rings. The fourth-order valence-electron chi connectivity index (χ4n) is 2.65. The molecule has 0 aromatic heterocycles. The highest BCUT2D eigenvalue weighted by atomic mass is 35.5. The van der Waals surface area contributed by atoms with Crippen molar-refractivity contribution in [3.8, 4) is 0 Å². The zero-order valence-electron chi connectivity index (χ0n) is 15.3. The highest BCUT2D eigenvalue weighted by Gasteiger charge is 1.96. The average Bonchev–Trinajstić information content (AvgIpc) is 2.57. The summed E-state index contributed by atoms with van der Waals surface area (Å²) in [5, 5.41) is 2.80. The van der Waals surface area contributed by atoms with Crippen molar-refractivity contribution < 1.29 is 4.79 Å². The van der Waals surface area contributed by atoms with Crippen LogP contribution in [0.3, 0.4) is 0 Å². The summed E-state index contributed by atoms with van der Waals surface area (Å²) in [6.45, 7) is 3.04. The van der Waals surface area contributed by atoms with Crippen molar-refractivity contribution in [1.82, 2.24) is 5.32 Å². The van der Waals surface area contributed by atoms with E-state index in [1.807, 2.05) is 0 Å². The Bertz CT molecular complexity index is 279. The van der Waals surface area contributed by atoms with E-state index < -0.39 is 0 Å². The molecule has 0 aromatic carbocycles. The summed E-state index contributed by atoms with van der Waals surface area (Å²) >= 11 is 5.41. The smallest absolute Gasteiger partial charge is 0.234 e. The number of unbranched alkanes of at least 4 members (excludes halogenated alkanes) is 12. The largest absolute Gasteiger partial charge is 0.355 e. The summed E-state index contributed by atoms with van der Waals surface area (Å²) in [6.07, 6.45) is 23.1. The Morgan fingerprint density at radius 2 is 1.26 bits per heavy atom. The van der Waals surface area contributed by atoms with Gasteiger partial charge in [0.15, 0.2) is 0 Å². The maximum Gasteiger partial charge on any atom is 0.234 e. The van der Waals surface area contributed by atoms with Crippen LogP contribution in [0.15, 0.2) is 12.2 Å². The van der Waals surface area contributed by atoms with Crippen LogP contribution in [0.1, 0.15) is 96.8 Å². The Hall–Kier alpha value is -0.500. The number of nitrogens with one attached hydrogen (secondary N) is 1. The van der Waals surface area contributed by atoms with Crippen LogP contribution < -0.4 is 5.32 Å². The van der Waals surface area contributed by atoms with E-state index in [0.717, 1.165) is 13.0 Å². The van der Waals surface area contributed by atoms with Gasteiger partial charge in [-0.2, -0.15) is 0 Å². The number of alkyl halides is 1. The molecule has 0 spiro atoms. The van der Waals surface area contributed by atoms with Gasteiger partial charge in [-0.15, -0.1) is 11.6 Å². The van der Waals surface area contributed by atoms with Gasteiger partial charge in [0.05, 0.1) is 0 Å². The molecule has 0 bridgehead atoms. The molecule has 0 saturated carbocycles. The van der Waals surface area contributed by atoms with Gasteiger partial charge in [0.1, 0.15) is 5.88 Å². The number of hydrogen-bond donors (Lipinski definition) is 1. The third-order valence-corrected chi connectivity index (χ3v) is 4.37. The average molecular weight is 344 g/mol. The van der Waals surface area contributed by atoms with Crippen LogP contribution in [0.2, 0.25) is 0 Å². The zero-order valence-corrected chi connectivity index (χ0v) is 16.0. The quantitative estimate of drug-likeness (QED) is 0.185. The molecule has 1 N–H and O–H groups in total. The Labute approximate surface area is 149 Å². The lowest BCUT2D eigenvalue weighted by molar-refractivity contribution is -0.118. The van der Waals surface area contributed by atoms with Crippen molar-refractivity contribution in [2.45, 2.75) is 96.8 Å². The van der Waals surface area contributed by atoms with Gasteiger partial charge in [-0.05, 0) is 32.1 Å². The minimum atomic E-state index is -0.0561. The third kappa shape index (κ3) is 19.5. The Kier molecular flexibility index (Phi) is 19.1. The highest BCUT2D eigenvalue weighted by molar-refractivity contribution is 6.27. The number of halogens is 1. The van der Waals surface area contributed by atoms with Crippen molar-refractivity contribution in [2.24, 2.45) is 0 Å². The molecule has 0 aliphatic rings. The number of hydrogen-bond acceptors (Lipinski definition) is 1. The lowest BCUT2D eigenvalue weighted by Gasteiger charge is -2.03. The van der Waals surface area contributed by atoms with Gasteiger partial charge in [-0.25, -0.2) is 0 Å². The second-order valence-corrected chi connectivity index (χ2v) is 6.69. The molecular formula is C20H38ClNO. The number of carbonyl (C=O) groups excluding carboxylic acids is 1. The number of carbonyl (C=O) groups is 1. The SMILES string of the molecule is CCCCCCCCC=CCCCCCCCCNC(=O)CCl. The summed E-state index contributed by atoms with van der Waals surface area (Å²) in [5.41, 5.74) is 0. The third-order valence-electron chi connectivity index (χ3n) is 4.13. The van der Waals surface area contributed by atoms with Crippen LogP contribution in [0.25, 0.3) is 0 Å². The van der Waals surface area contributed by atoms with Crippen LogP contribution in [-0.4, -0.2) is 18.3 Å². The minimum absolute atomic E-state index is 0.0561. The lowest BCUT2D eigenvalue weighted by atomic mass is 10.1. The van der Waals surface area contributed by atoms with Gasteiger partial charge in [-0.3, -0.25) is 4.79 Å². The van der Waals surface area contributed by atoms with Gasteiger partial charge >= 0.3 is 0 Å². The molecule has 0 saturated heterocycles. The first-order valence-electron chi connectivity index (χ1n) is 9.79. The molecule has 23 heavy (non-hydrogen) atoms. The first kappa shape index (κ1) is 22.5. The molecule has 0 aliphatic carbocycles. The molecule has 2 nitrogen and oxygen atoms in total. The van der Waals surface area contributed by atoms with Gasteiger partial charge in [0, 0.05) is 6.54 Å². The fraction of sp³-hybridized carbons (Fsp3) is 0.850. The second-order valence-electron chi connectivity index (χ2n) is 6.42. The predicted octanol–water partition coefficient (Wildman–Crippen LogP) is 6.38. The zero-order chi connectivity index (χ0) is 17.0. The van der Waals surface area contributed by atoms with Crippen molar-refractivity contribution in [1.29, 1.82) is 0 Å². The first-order valence-corrected chi connectivity index (χ1v) is 10.3. The monoisotopic (exact) mass is 343 g/mol. The molecule has 0 unspecified atom stereocenters. The topological polar surface area (TPSA) is 29.1 Å². The molecule has 136 valence electrons. The summed E-state index contributed by atoms with van der Waals surface area (Å²) in [7, 11) is 0. The number of rotatable bonds is 17. The standard InChI is InChI=1S/C20H38ClNO/c1-2-3-4-5-6-7-8-9-10-11-12-13-14-15-16-17-18-22-20(23)19-21/h9-10H,2-8,11-19H2,1H3,(H,22,23). The normalized spacial score (nSPS) is 11.2. The molecule has 1 amide bonds. The molecular weight excluding hydrogens is 306 g/mol. The Balaban J connectivity index is 3.09. The Morgan fingerprint density at radius 1 is 0.783 bits per heavy atom. The van der Waals surface area contributed by atoms with Gasteiger partial charge in [0.25, 0.3) is 0 Å². The fourth-order valence-corrected chi connectivity index (χ4v) is 2.74. The van der Waals surface area contributed by atoms with Crippen LogP contribution in [0, 0.1) is 0 Å². The van der Waals surface area contributed by atoms with Crippen molar-refractivity contribution in [3.63, 3.8) is 0 Å². The van der Waals surface area contributed by atoms with Crippen LogP contribution in [0.4, 0.5) is 0 Å². The van der Waals surface area contributed by atoms with E-state index in [1.54, 1.807) is 0 Å². The van der Waals surface area contributed by atoms with E-state index >= 15 is 0 Å². The summed E-state index contributed by atoms with van der Waals surface area (Å²) in [4.78, 5) is 10.9. The van der Waals surface area contributed by atoms with E-state index in [1.165, 1.54) is 83.5 Å². The molecule has 3 heteroatoms. The maximum atomic E-state index is 10.9. The van der Waals surface area contributed by atoms with Crippen LogP contribution in [0.5, 0.6) is 0 Å². The molecule has 0 aliphatic heterocycles. The second kappa shape index (κ2) is 19.5. The summed E-state index contributed by atoms with van der Waals surface area (Å²) in [5.74, 6) is 0.0197. The van der Waals surface area contributed by atoms with Crippen LogP contribution in [-0.2, 0) is 4.79 Å². The molecule has 0 rings (SSSR count). The first-order chi connectivity index (χ1) is 11.3. The van der Waals surface area contributed by atoms with Crippen LogP contribution >= 0.6 is 11.6 Å². The van der Waals surface area contributed by atoms with Gasteiger partial charge in [-0.1, -0.05) is 76.9 Å². The van der Waals surface area contributed by atoms with Gasteiger partial charge in [0.2, 0.25) is 5.91 Å². The van der Waals surface area contributed by atoms with E-state index in [4.69, 9.17) is 11.6 Å². The van der Waals surface area contributed by atoms with E-state index in [9.17, 15) is 4.79 Å². The minimum Gasteiger partial charge on any atom is -0.355 e. The van der Waals surface area contributed by atoms with Gasteiger partial charge < -0.3 is 5.32 Å². The molecule has 0 radical (unpaired) electrons. The lowest BCUT2D eigenvalue weighted by Crippen LogP contribution is -2.25. The maximum absolute atomic E-state index is 10.9. The summed E-state index contributed by atoms with van der Waals surface area (Å²) in [6, 6.07) is 0. The number of allylic oxidation sites excluding steroid dienone is 2. The molecule has 0 aromatic rings. The molecule has 0 heterocycles. The van der Waals surface area contributed by atoms with E-state index in [-0.39, 0.29) is 11.8 Å². The highest BCUT2D eigenvalue weighted by Crippen LogP contribution is 2.09. The van der Waals surface area contributed by atoms with E-state index in [0.29, 0.717) is 0 Å². The Morgan fingerprint density at radius 3 is 1.78 bits per heavy atom. The van der Waals surface area contributed by atoms with Crippen molar-refractivity contribution >= 4 is 17.5 Å². The van der Waals surface area contributed by atoms with E-state index in [2.05, 4.69) is 24.4 Å². The number of amides is 1.